The molecule has 0 aromatic heterocycles. The van der Waals surface area contributed by atoms with E-state index in [0.29, 0.717) is 17.7 Å². The molecule has 1 saturated heterocycles. The van der Waals surface area contributed by atoms with Gasteiger partial charge in [-0.2, -0.15) is 0 Å². The van der Waals surface area contributed by atoms with Crippen LogP contribution in [0.4, 0.5) is 11.4 Å². The lowest BCUT2D eigenvalue weighted by molar-refractivity contribution is -0.114. The molecule has 5 rings (SSSR count). The van der Waals surface area contributed by atoms with Crippen LogP contribution in [0.5, 0.6) is 0 Å². The van der Waals surface area contributed by atoms with Crippen LogP contribution in [0, 0.1) is 0 Å². The number of nitrogens with zero attached hydrogens (tertiary/aromatic N) is 3. The summed E-state index contributed by atoms with van der Waals surface area (Å²) >= 11 is 3.54. The number of hydrogen-bond donors (Lipinski definition) is 0. The van der Waals surface area contributed by atoms with Crippen molar-refractivity contribution in [1.29, 1.82) is 0 Å². The van der Waals surface area contributed by atoms with Crippen molar-refractivity contribution in [3.8, 4) is 0 Å². The van der Waals surface area contributed by atoms with E-state index in [2.05, 4.69) is 20.8 Å². The fourth-order valence-corrected chi connectivity index (χ4v) is 4.99. The minimum Gasteiger partial charge on any atom is -0.311 e. The Morgan fingerprint density at radius 1 is 0.862 bits per heavy atom. The maximum absolute atomic E-state index is 13.6. The lowest BCUT2D eigenvalue weighted by Gasteiger charge is -2.21. The van der Waals surface area contributed by atoms with E-state index in [1.165, 1.54) is 12.8 Å². The van der Waals surface area contributed by atoms with Crippen molar-refractivity contribution in [3.05, 3.63) is 58.1 Å². The number of carbonyl (C=O) groups is 2. The maximum atomic E-state index is 13.6. The Morgan fingerprint density at radius 2 is 1.59 bits per heavy atom. The van der Waals surface area contributed by atoms with Crippen LogP contribution >= 0.6 is 15.9 Å². The first-order chi connectivity index (χ1) is 14.1. The Kier molecular flexibility index (Phi) is 4.56. The van der Waals surface area contributed by atoms with Gasteiger partial charge in [0.25, 0.3) is 11.8 Å². The zero-order valence-corrected chi connectivity index (χ0v) is 17.9. The lowest BCUT2D eigenvalue weighted by atomic mass is 9.96. The second kappa shape index (κ2) is 7.11. The molecule has 2 amide bonds. The SMILES string of the molecule is CN1C(=O)/C(=C2/C(=O)N(CCN3CCCC3)c3ccc(Br)cc32)c2ccccc21. The van der Waals surface area contributed by atoms with E-state index in [-0.39, 0.29) is 11.8 Å². The summed E-state index contributed by atoms with van der Waals surface area (Å²) in [6.07, 6.45) is 2.45. The predicted molar refractivity (Wildman–Crippen MR) is 119 cm³/mol. The molecule has 148 valence electrons. The van der Waals surface area contributed by atoms with Crippen LogP contribution in [0.25, 0.3) is 11.1 Å². The fraction of sp³-hybridized carbons (Fsp3) is 0.304. The summed E-state index contributed by atoms with van der Waals surface area (Å²) in [5, 5.41) is 0. The van der Waals surface area contributed by atoms with Crippen LogP contribution in [-0.2, 0) is 9.59 Å². The van der Waals surface area contributed by atoms with Crippen molar-refractivity contribution in [2.24, 2.45) is 0 Å². The van der Waals surface area contributed by atoms with Gasteiger partial charge in [0.15, 0.2) is 0 Å². The van der Waals surface area contributed by atoms with Gasteiger partial charge in [-0.05, 0) is 50.2 Å². The van der Waals surface area contributed by atoms with Gasteiger partial charge in [0, 0.05) is 35.7 Å². The molecule has 0 radical (unpaired) electrons. The highest BCUT2D eigenvalue weighted by Gasteiger charge is 2.41. The number of likely N-dealkylation sites (tertiary alicyclic amines) is 1. The molecule has 5 nitrogen and oxygen atoms in total. The molecule has 3 heterocycles. The summed E-state index contributed by atoms with van der Waals surface area (Å²) in [5.41, 5.74) is 4.43. The molecule has 29 heavy (non-hydrogen) atoms. The molecule has 0 atom stereocenters. The number of fused-ring (bicyclic) bond motifs is 2. The summed E-state index contributed by atoms with van der Waals surface area (Å²) in [4.78, 5) is 32.6. The summed E-state index contributed by atoms with van der Waals surface area (Å²) in [5.74, 6) is -0.201. The number of amides is 2. The van der Waals surface area contributed by atoms with Gasteiger partial charge in [-0.3, -0.25) is 9.59 Å². The fourth-order valence-electron chi connectivity index (χ4n) is 4.63. The molecule has 0 unspecified atom stereocenters. The molecule has 0 N–H and O–H groups in total. The van der Waals surface area contributed by atoms with Gasteiger partial charge in [-0.1, -0.05) is 34.1 Å². The van der Waals surface area contributed by atoms with Crippen LogP contribution in [0.2, 0.25) is 0 Å². The summed E-state index contributed by atoms with van der Waals surface area (Å²) in [6, 6.07) is 13.6. The van der Waals surface area contributed by atoms with Gasteiger partial charge in [-0.25, -0.2) is 0 Å². The number of para-hydroxylation sites is 1. The van der Waals surface area contributed by atoms with Crippen molar-refractivity contribution >= 4 is 50.3 Å². The normalized spacial score (nSPS) is 21.3. The van der Waals surface area contributed by atoms with Crippen molar-refractivity contribution in [2.75, 3.05) is 43.0 Å². The number of halogens is 1. The first kappa shape index (κ1) is 18.6. The second-order valence-electron chi connectivity index (χ2n) is 7.80. The van der Waals surface area contributed by atoms with Crippen molar-refractivity contribution < 1.29 is 9.59 Å². The molecule has 1 fully saturated rings. The highest BCUT2D eigenvalue weighted by atomic mass is 79.9. The number of likely N-dealkylation sites (N-methyl/N-ethyl adjacent to an activating group) is 1. The van der Waals surface area contributed by atoms with Crippen molar-refractivity contribution in [2.45, 2.75) is 12.8 Å². The smallest absolute Gasteiger partial charge is 0.259 e. The van der Waals surface area contributed by atoms with E-state index in [9.17, 15) is 9.59 Å². The Balaban J connectivity index is 1.62. The van der Waals surface area contributed by atoms with E-state index >= 15 is 0 Å². The average Bonchev–Trinajstić information content (AvgIpc) is 3.39. The lowest BCUT2D eigenvalue weighted by Crippen LogP contribution is -2.35. The van der Waals surface area contributed by atoms with Gasteiger partial charge >= 0.3 is 0 Å². The predicted octanol–water partition coefficient (Wildman–Crippen LogP) is 3.78. The van der Waals surface area contributed by atoms with E-state index in [1.54, 1.807) is 11.9 Å². The van der Waals surface area contributed by atoms with Gasteiger partial charge < -0.3 is 14.7 Å². The minimum absolute atomic E-state index is 0.0780. The summed E-state index contributed by atoms with van der Waals surface area (Å²) in [7, 11) is 1.76. The Labute approximate surface area is 178 Å². The Hall–Kier alpha value is -2.44. The third-order valence-corrected chi connectivity index (χ3v) is 6.61. The Morgan fingerprint density at radius 3 is 2.38 bits per heavy atom. The maximum Gasteiger partial charge on any atom is 0.259 e. The summed E-state index contributed by atoms with van der Waals surface area (Å²) < 4.78 is 0.899. The van der Waals surface area contributed by atoms with Gasteiger partial charge in [0.1, 0.15) is 0 Å². The van der Waals surface area contributed by atoms with E-state index < -0.39 is 0 Å². The monoisotopic (exact) mass is 451 g/mol. The molecule has 0 saturated carbocycles. The standard InChI is InChI=1S/C23H22BrN3O2/c1-25-18-7-3-2-6-16(18)20(22(25)28)21-17-14-15(24)8-9-19(17)27(23(21)29)13-12-26-10-4-5-11-26/h2-3,6-9,14H,4-5,10-13H2,1H3/b21-20+. The number of carbonyl (C=O) groups excluding carboxylic acids is 2. The third-order valence-electron chi connectivity index (χ3n) is 6.12. The van der Waals surface area contributed by atoms with Crippen LogP contribution < -0.4 is 9.80 Å². The Bertz CT molecular complexity index is 1060. The van der Waals surface area contributed by atoms with Gasteiger partial charge in [0.05, 0.1) is 22.5 Å². The number of benzene rings is 2. The zero-order chi connectivity index (χ0) is 20.1. The quantitative estimate of drug-likeness (QED) is 0.666. The molecule has 2 aromatic rings. The molecular formula is C23H22BrN3O2. The highest BCUT2D eigenvalue weighted by Crippen LogP contribution is 2.46. The molecule has 0 spiro atoms. The third kappa shape index (κ3) is 2.93. The molecule has 3 aliphatic heterocycles. The minimum atomic E-state index is -0.123. The number of rotatable bonds is 3. The van der Waals surface area contributed by atoms with Crippen LogP contribution in [-0.4, -0.2) is 49.9 Å². The van der Waals surface area contributed by atoms with Gasteiger partial charge in [0.2, 0.25) is 0 Å². The van der Waals surface area contributed by atoms with Crippen LogP contribution in [0.1, 0.15) is 24.0 Å². The first-order valence-corrected chi connectivity index (χ1v) is 10.8. The van der Waals surface area contributed by atoms with E-state index in [1.807, 2.05) is 47.4 Å². The molecule has 0 aliphatic carbocycles. The topological polar surface area (TPSA) is 43.9 Å². The molecule has 2 aromatic carbocycles. The largest absolute Gasteiger partial charge is 0.311 e. The second-order valence-corrected chi connectivity index (χ2v) is 8.71. The van der Waals surface area contributed by atoms with Crippen molar-refractivity contribution in [1.82, 2.24) is 4.90 Å². The highest BCUT2D eigenvalue weighted by molar-refractivity contribution is 9.10. The number of hydrogen-bond acceptors (Lipinski definition) is 3. The molecule has 0 bridgehead atoms. The van der Waals surface area contributed by atoms with Crippen molar-refractivity contribution in [3.63, 3.8) is 0 Å². The molecular weight excluding hydrogens is 430 g/mol. The summed E-state index contributed by atoms with van der Waals surface area (Å²) in [6.45, 7) is 3.68. The zero-order valence-electron chi connectivity index (χ0n) is 16.3. The van der Waals surface area contributed by atoms with Crippen LogP contribution in [0.15, 0.2) is 46.9 Å². The molecule has 6 heteroatoms. The van der Waals surface area contributed by atoms with Crippen LogP contribution in [0.3, 0.4) is 0 Å². The van der Waals surface area contributed by atoms with Gasteiger partial charge in [-0.15, -0.1) is 0 Å². The van der Waals surface area contributed by atoms with E-state index in [4.69, 9.17) is 0 Å². The average molecular weight is 452 g/mol. The van der Waals surface area contributed by atoms with E-state index in [0.717, 1.165) is 46.6 Å². The number of anilines is 2. The first-order valence-electron chi connectivity index (χ1n) is 10.0. The molecule has 3 aliphatic rings.